The largest absolute Gasteiger partial charge is 0.297 e. The van der Waals surface area contributed by atoms with Crippen molar-refractivity contribution < 1.29 is 4.79 Å². The van der Waals surface area contributed by atoms with Crippen molar-refractivity contribution in [3.05, 3.63) is 67.8 Å². The zero-order valence-electron chi connectivity index (χ0n) is 13.4. The second-order valence-electron chi connectivity index (χ2n) is 5.91. The number of nitrogens with one attached hydrogen (secondary N) is 1. The number of hydrogen-bond donors (Lipinski definition) is 1. The zero-order valence-corrected chi connectivity index (χ0v) is 15.8. The Labute approximate surface area is 159 Å². The highest BCUT2D eigenvalue weighted by atomic mass is 35.5. The Kier molecular flexibility index (Phi) is 4.85. The standard InChI is InChI=1S/C18H16ClN3OS2/c19-13-4-1-3-12(9-13)10-22-7-6-14-16(11-22)25-18(20-14)21-17(23)15-5-2-8-24-15/h1-5,8-9H,6-7,10-11H2,(H,20,21,23). The third-order valence-corrected chi connectivity index (χ3v) is 6.17. The second kappa shape index (κ2) is 7.25. The Morgan fingerprint density at radius 3 is 3.04 bits per heavy atom. The van der Waals surface area contributed by atoms with Crippen molar-refractivity contribution in [2.24, 2.45) is 0 Å². The van der Waals surface area contributed by atoms with Gasteiger partial charge in [-0.15, -0.1) is 22.7 Å². The van der Waals surface area contributed by atoms with Gasteiger partial charge in [0.25, 0.3) is 5.91 Å². The molecule has 2 aromatic heterocycles. The molecule has 1 N–H and O–H groups in total. The van der Waals surface area contributed by atoms with Crippen LogP contribution in [0.5, 0.6) is 0 Å². The van der Waals surface area contributed by atoms with Gasteiger partial charge in [0.1, 0.15) is 0 Å². The molecule has 1 aromatic carbocycles. The quantitative estimate of drug-likeness (QED) is 0.705. The summed E-state index contributed by atoms with van der Waals surface area (Å²) in [6.45, 7) is 2.69. The number of carbonyl (C=O) groups excluding carboxylic acids is 1. The number of aromatic nitrogens is 1. The molecule has 7 heteroatoms. The van der Waals surface area contributed by atoms with E-state index in [1.807, 2.05) is 35.7 Å². The lowest BCUT2D eigenvalue weighted by Crippen LogP contribution is -2.29. The van der Waals surface area contributed by atoms with E-state index in [1.54, 1.807) is 11.3 Å². The fourth-order valence-electron chi connectivity index (χ4n) is 2.90. The summed E-state index contributed by atoms with van der Waals surface area (Å²) in [5, 5.41) is 6.27. The summed E-state index contributed by atoms with van der Waals surface area (Å²) >= 11 is 9.08. The van der Waals surface area contributed by atoms with Gasteiger partial charge in [0, 0.05) is 36.0 Å². The van der Waals surface area contributed by atoms with E-state index in [1.165, 1.54) is 21.8 Å². The molecule has 0 fully saturated rings. The molecule has 1 aliphatic rings. The molecule has 1 amide bonds. The molecule has 0 aliphatic carbocycles. The first-order valence-electron chi connectivity index (χ1n) is 7.97. The van der Waals surface area contributed by atoms with Gasteiger partial charge in [0.05, 0.1) is 10.6 Å². The van der Waals surface area contributed by atoms with Gasteiger partial charge >= 0.3 is 0 Å². The van der Waals surface area contributed by atoms with Crippen molar-refractivity contribution >= 4 is 45.3 Å². The van der Waals surface area contributed by atoms with Gasteiger partial charge in [0.15, 0.2) is 5.13 Å². The number of halogens is 1. The molecule has 0 atom stereocenters. The Hall–Kier alpha value is -1.73. The van der Waals surface area contributed by atoms with Gasteiger partial charge in [-0.3, -0.25) is 15.0 Å². The van der Waals surface area contributed by atoms with Crippen molar-refractivity contribution in [2.45, 2.75) is 19.5 Å². The summed E-state index contributed by atoms with van der Waals surface area (Å²) in [6.07, 6.45) is 0.904. The zero-order chi connectivity index (χ0) is 17.2. The van der Waals surface area contributed by atoms with Crippen LogP contribution in [0.1, 0.15) is 25.8 Å². The van der Waals surface area contributed by atoms with E-state index >= 15 is 0 Å². The van der Waals surface area contributed by atoms with Crippen LogP contribution in [0.2, 0.25) is 5.02 Å². The summed E-state index contributed by atoms with van der Waals surface area (Å²) in [6, 6.07) is 11.7. The predicted octanol–water partition coefficient (Wildman–Crippen LogP) is 4.67. The average molecular weight is 390 g/mol. The molecule has 0 radical (unpaired) electrons. The Morgan fingerprint density at radius 1 is 1.32 bits per heavy atom. The number of nitrogens with zero attached hydrogens (tertiary/aromatic N) is 2. The SMILES string of the molecule is O=C(Nc1nc2c(s1)CN(Cc1cccc(Cl)c1)CC2)c1cccs1. The summed E-state index contributed by atoms with van der Waals surface area (Å²) in [7, 11) is 0. The van der Waals surface area contributed by atoms with Crippen molar-refractivity contribution in [2.75, 3.05) is 11.9 Å². The maximum absolute atomic E-state index is 12.2. The summed E-state index contributed by atoms with van der Waals surface area (Å²) in [5.41, 5.74) is 2.32. The molecule has 128 valence electrons. The second-order valence-corrected chi connectivity index (χ2v) is 8.38. The Balaban J connectivity index is 1.43. The molecule has 0 saturated carbocycles. The van der Waals surface area contributed by atoms with Crippen molar-refractivity contribution in [1.29, 1.82) is 0 Å². The minimum absolute atomic E-state index is 0.0862. The number of fused-ring (bicyclic) bond motifs is 1. The maximum atomic E-state index is 12.2. The minimum atomic E-state index is -0.0862. The number of benzene rings is 1. The number of carbonyl (C=O) groups is 1. The number of thiophene rings is 1. The lowest BCUT2D eigenvalue weighted by atomic mass is 10.1. The van der Waals surface area contributed by atoms with E-state index in [9.17, 15) is 4.79 Å². The highest BCUT2D eigenvalue weighted by Gasteiger charge is 2.21. The van der Waals surface area contributed by atoms with E-state index in [4.69, 9.17) is 11.6 Å². The van der Waals surface area contributed by atoms with Crippen LogP contribution in [0.25, 0.3) is 0 Å². The Bertz CT molecular complexity index is 892. The van der Waals surface area contributed by atoms with Crippen LogP contribution in [0, 0.1) is 0 Å². The van der Waals surface area contributed by atoms with E-state index in [-0.39, 0.29) is 5.91 Å². The molecule has 4 rings (SSSR count). The molecule has 25 heavy (non-hydrogen) atoms. The van der Waals surface area contributed by atoms with Crippen LogP contribution in [-0.2, 0) is 19.5 Å². The molecule has 3 heterocycles. The topological polar surface area (TPSA) is 45.2 Å². The molecule has 0 bridgehead atoms. The first-order chi connectivity index (χ1) is 12.2. The van der Waals surface area contributed by atoms with Gasteiger partial charge in [-0.05, 0) is 29.1 Å². The molecular formula is C18H16ClN3OS2. The van der Waals surface area contributed by atoms with Crippen molar-refractivity contribution in [1.82, 2.24) is 9.88 Å². The number of thiazole rings is 1. The smallest absolute Gasteiger partial charge is 0.267 e. The predicted molar refractivity (Wildman–Crippen MR) is 104 cm³/mol. The van der Waals surface area contributed by atoms with E-state index in [0.29, 0.717) is 10.0 Å². The third kappa shape index (κ3) is 3.93. The molecular weight excluding hydrogens is 374 g/mol. The summed E-state index contributed by atoms with van der Waals surface area (Å²) in [4.78, 5) is 21.1. The van der Waals surface area contributed by atoms with Gasteiger partial charge in [-0.25, -0.2) is 4.98 Å². The molecule has 0 unspecified atom stereocenters. The fraction of sp³-hybridized carbons (Fsp3) is 0.222. The summed E-state index contributed by atoms with van der Waals surface area (Å²) in [5.74, 6) is -0.0862. The average Bonchev–Trinajstić information content (AvgIpc) is 3.23. The normalized spacial score (nSPS) is 14.3. The first kappa shape index (κ1) is 16.7. The number of hydrogen-bond acceptors (Lipinski definition) is 5. The maximum Gasteiger partial charge on any atom is 0.267 e. The lowest BCUT2D eigenvalue weighted by molar-refractivity contribution is 0.103. The third-order valence-electron chi connectivity index (χ3n) is 4.07. The Morgan fingerprint density at radius 2 is 2.24 bits per heavy atom. The fourth-order valence-corrected chi connectivity index (χ4v) is 4.77. The highest BCUT2D eigenvalue weighted by molar-refractivity contribution is 7.16. The van der Waals surface area contributed by atoms with Crippen LogP contribution in [0.15, 0.2) is 41.8 Å². The number of rotatable bonds is 4. The minimum Gasteiger partial charge on any atom is -0.297 e. The van der Waals surface area contributed by atoms with E-state index in [2.05, 4.69) is 21.3 Å². The van der Waals surface area contributed by atoms with Crippen molar-refractivity contribution in [3.8, 4) is 0 Å². The molecule has 4 nitrogen and oxygen atoms in total. The van der Waals surface area contributed by atoms with Crippen LogP contribution >= 0.6 is 34.3 Å². The van der Waals surface area contributed by atoms with E-state index < -0.39 is 0 Å². The van der Waals surface area contributed by atoms with Crippen molar-refractivity contribution in [3.63, 3.8) is 0 Å². The lowest BCUT2D eigenvalue weighted by Gasteiger charge is -2.25. The molecule has 0 spiro atoms. The van der Waals surface area contributed by atoms with Gasteiger partial charge in [0.2, 0.25) is 0 Å². The number of anilines is 1. The van der Waals surface area contributed by atoms with Gasteiger partial charge in [-0.1, -0.05) is 29.8 Å². The van der Waals surface area contributed by atoms with Gasteiger partial charge in [-0.2, -0.15) is 0 Å². The van der Waals surface area contributed by atoms with Crippen LogP contribution in [0.3, 0.4) is 0 Å². The van der Waals surface area contributed by atoms with Crippen LogP contribution in [-0.4, -0.2) is 22.3 Å². The van der Waals surface area contributed by atoms with Crippen LogP contribution in [0.4, 0.5) is 5.13 Å². The van der Waals surface area contributed by atoms with Gasteiger partial charge < -0.3 is 0 Å². The van der Waals surface area contributed by atoms with E-state index in [0.717, 1.165) is 36.8 Å². The molecule has 0 saturated heterocycles. The molecule has 1 aliphatic heterocycles. The first-order valence-corrected chi connectivity index (χ1v) is 10.0. The monoisotopic (exact) mass is 389 g/mol. The van der Waals surface area contributed by atoms with Crippen LogP contribution < -0.4 is 5.32 Å². The molecule has 3 aromatic rings. The number of amides is 1. The highest BCUT2D eigenvalue weighted by Crippen LogP contribution is 2.29. The summed E-state index contributed by atoms with van der Waals surface area (Å²) < 4.78 is 0.